The van der Waals surface area contributed by atoms with Crippen LogP contribution in [0.4, 0.5) is 0 Å². The summed E-state index contributed by atoms with van der Waals surface area (Å²) in [4.78, 5) is 11.2. The maximum atomic E-state index is 11.9. The van der Waals surface area contributed by atoms with Crippen LogP contribution in [-0.2, 0) is 19.4 Å². The van der Waals surface area contributed by atoms with E-state index in [0.29, 0.717) is 5.75 Å². The van der Waals surface area contributed by atoms with Crippen LogP contribution >= 0.6 is 0 Å². The molecule has 100 valence electrons. The van der Waals surface area contributed by atoms with Gasteiger partial charge in [0.1, 0.15) is 11.8 Å². The van der Waals surface area contributed by atoms with Crippen molar-refractivity contribution >= 4 is 15.8 Å². The van der Waals surface area contributed by atoms with E-state index < -0.39 is 27.6 Å². The average Bonchev–Trinajstić information content (AvgIpc) is 2.37. The number of hydrogen-bond donors (Lipinski definition) is 1. The number of methoxy groups -OCH3 is 2. The molecule has 0 saturated heterocycles. The van der Waals surface area contributed by atoms with Gasteiger partial charge in [-0.25, -0.2) is 8.42 Å². The van der Waals surface area contributed by atoms with E-state index in [-0.39, 0.29) is 4.90 Å². The van der Waals surface area contributed by atoms with Gasteiger partial charge in [-0.15, -0.1) is 0 Å². The number of rotatable bonds is 5. The van der Waals surface area contributed by atoms with E-state index in [1.807, 2.05) is 0 Å². The van der Waals surface area contributed by atoms with Crippen LogP contribution in [0.2, 0.25) is 0 Å². The number of benzene rings is 1. The quantitative estimate of drug-likeness (QED) is 0.757. The lowest BCUT2D eigenvalue weighted by molar-refractivity contribution is -0.141. The minimum absolute atomic E-state index is 0.0858. The molecular weight excluding hydrogens is 258 g/mol. The van der Waals surface area contributed by atoms with E-state index in [4.69, 9.17) is 10.5 Å². The van der Waals surface area contributed by atoms with Crippen LogP contribution in [0.25, 0.3) is 0 Å². The number of ether oxygens (including phenoxy) is 2. The zero-order valence-electron chi connectivity index (χ0n) is 10.1. The number of hydrogen-bond acceptors (Lipinski definition) is 6. The highest BCUT2D eigenvalue weighted by molar-refractivity contribution is 7.91. The van der Waals surface area contributed by atoms with Crippen molar-refractivity contribution in [3.63, 3.8) is 0 Å². The van der Waals surface area contributed by atoms with Gasteiger partial charge >= 0.3 is 5.97 Å². The summed E-state index contributed by atoms with van der Waals surface area (Å²) in [7, 11) is -0.983. The Bertz CT molecular complexity index is 509. The summed E-state index contributed by atoms with van der Waals surface area (Å²) in [5.74, 6) is -0.704. The monoisotopic (exact) mass is 273 g/mol. The fourth-order valence-electron chi connectivity index (χ4n) is 1.34. The largest absolute Gasteiger partial charge is 0.497 e. The van der Waals surface area contributed by atoms with Crippen molar-refractivity contribution < 1.29 is 22.7 Å². The standard InChI is InChI=1S/C11H15NO5S/c1-16-8-3-5-9(6-4-8)18(14,15)7-10(12)11(13)17-2/h3-6,10H,7,12H2,1-2H3. The van der Waals surface area contributed by atoms with Gasteiger partial charge in [-0.1, -0.05) is 0 Å². The molecule has 0 saturated carbocycles. The third kappa shape index (κ3) is 3.44. The molecule has 1 atom stereocenters. The fourth-order valence-corrected chi connectivity index (χ4v) is 2.69. The Hall–Kier alpha value is -1.60. The van der Waals surface area contributed by atoms with E-state index in [1.165, 1.54) is 31.4 Å². The van der Waals surface area contributed by atoms with Crippen LogP contribution in [0, 0.1) is 0 Å². The molecule has 0 aliphatic rings. The molecule has 0 aliphatic heterocycles. The average molecular weight is 273 g/mol. The molecule has 0 aromatic heterocycles. The molecule has 1 rings (SSSR count). The van der Waals surface area contributed by atoms with E-state index in [2.05, 4.69) is 4.74 Å². The van der Waals surface area contributed by atoms with Crippen LogP contribution < -0.4 is 10.5 Å². The van der Waals surface area contributed by atoms with Crippen LogP contribution in [0.15, 0.2) is 29.2 Å². The highest BCUT2D eigenvalue weighted by Gasteiger charge is 2.24. The summed E-state index contributed by atoms with van der Waals surface area (Å²) < 4.78 is 33.2. The molecular formula is C11H15NO5S. The normalized spacial score (nSPS) is 12.8. The Morgan fingerprint density at radius 1 is 1.28 bits per heavy atom. The van der Waals surface area contributed by atoms with E-state index >= 15 is 0 Å². The van der Waals surface area contributed by atoms with Gasteiger partial charge in [0.2, 0.25) is 0 Å². The fraction of sp³-hybridized carbons (Fsp3) is 0.364. The van der Waals surface area contributed by atoms with Crippen LogP contribution in [0.5, 0.6) is 5.75 Å². The Labute approximate surface area is 106 Å². The lowest BCUT2D eigenvalue weighted by atomic mass is 10.3. The highest BCUT2D eigenvalue weighted by Crippen LogP contribution is 2.17. The lowest BCUT2D eigenvalue weighted by Crippen LogP contribution is -2.38. The molecule has 0 amide bonds. The molecule has 1 aromatic rings. The molecule has 6 nitrogen and oxygen atoms in total. The first-order chi connectivity index (χ1) is 8.40. The Kier molecular flexibility index (Phi) is 4.69. The number of esters is 1. The van der Waals surface area contributed by atoms with E-state index in [0.717, 1.165) is 7.11 Å². The summed E-state index contributed by atoms with van der Waals surface area (Å²) in [6.07, 6.45) is 0. The topological polar surface area (TPSA) is 95.7 Å². The third-order valence-corrected chi connectivity index (χ3v) is 4.11. The second kappa shape index (κ2) is 5.83. The third-order valence-electron chi connectivity index (χ3n) is 2.32. The minimum Gasteiger partial charge on any atom is -0.497 e. The van der Waals surface area contributed by atoms with Crippen LogP contribution in [0.3, 0.4) is 0 Å². The summed E-state index contributed by atoms with van der Waals surface area (Å²) in [5.41, 5.74) is 5.43. The second-order valence-electron chi connectivity index (χ2n) is 3.59. The van der Waals surface area contributed by atoms with Gasteiger partial charge in [-0.3, -0.25) is 4.79 Å². The number of nitrogens with two attached hydrogens (primary N) is 1. The van der Waals surface area contributed by atoms with Gasteiger partial charge in [-0.2, -0.15) is 0 Å². The Balaban J connectivity index is 2.89. The molecule has 0 aliphatic carbocycles. The number of carbonyl (C=O) groups is 1. The molecule has 2 N–H and O–H groups in total. The van der Waals surface area contributed by atoms with Crippen molar-refractivity contribution in [2.24, 2.45) is 5.73 Å². The van der Waals surface area contributed by atoms with Crippen molar-refractivity contribution in [2.45, 2.75) is 10.9 Å². The smallest absolute Gasteiger partial charge is 0.323 e. The summed E-state index contributed by atoms with van der Waals surface area (Å²) in [5, 5.41) is 0. The number of carbonyl (C=O) groups excluding carboxylic acids is 1. The SMILES string of the molecule is COC(=O)C(N)CS(=O)(=O)c1ccc(OC)cc1. The van der Waals surface area contributed by atoms with Gasteiger partial charge in [0.25, 0.3) is 0 Å². The molecule has 1 aromatic carbocycles. The molecule has 0 spiro atoms. The molecule has 18 heavy (non-hydrogen) atoms. The predicted octanol–water partition coefficient (Wildman–Crippen LogP) is -0.0308. The first-order valence-corrected chi connectivity index (χ1v) is 6.76. The van der Waals surface area contributed by atoms with Crippen molar-refractivity contribution in [1.29, 1.82) is 0 Å². The zero-order valence-corrected chi connectivity index (χ0v) is 10.9. The van der Waals surface area contributed by atoms with Crippen molar-refractivity contribution in [3.8, 4) is 5.75 Å². The van der Waals surface area contributed by atoms with Crippen molar-refractivity contribution in [3.05, 3.63) is 24.3 Å². The molecule has 0 bridgehead atoms. The minimum atomic E-state index is -3.62. The van der Waals surface area contributed by atoms with Gasteiger partial charge in [0, 0.05) is 0 Å². The molecule has 0 radical (unpaired) electrons. The Morgan fingerprint density at radius 3 is 2.28 bits per heavy atom. The molecule has 0 heterocycles. The van der Waals surface area contributed by atoms with E-state index in [9.17, 15) is 13.2 Å². The first-order valence-electron chi connectivity index (χ1n) is 5.11. The van der Waals surface area contributed by atoms with Crippen molar-refractivity contribution in [2.75, 3.05) is 20.0 Å². The van der Waals surface area contributed by atoms with Gasteiger partial charge < -0.3 is 15.2 Å². The maximum absolute atomic E-state index is 11.9. The Morgan fingerprint density at radius 2 is 1.83 bits per heavy atom. The second-order valence-corrected chi connectivity index (χ2v) is 5.62. The maximum Gasteiger partial charge on any atom is 0.323 e. The summed E-state index contributed by atoms with van der Waals surface area (Å²) >= 11 is 0. The molecule has 1 unspecified atom stereocenters. The number of sulfone groups is 1. The van der Waals surface area contributed by atoms with Crippen LogP contribution in [0.1, 0.15) is 0 Å². The van der Waals surface area contributed by atoms with Crippen molar-refractivity contribution in [1.82, 2.24) is 0 Å². The summed E-state index contributed by atoms with van der Waals surface area (Å²) in [6, 6.07) is 4.66. The van der Waals surface area contributed by atoms with Gasteiger partial charge in [-0.05, 0) is 24.3 Å². The van der Waals surface area contributed by atoms with E-state index in [1.54, 1.807) is 0 Å². The molecule has 7 heteroatoms. The van der Waals surface area contributed by atoms with Gasteiger partial charge in [0.15, 0.2) is 9.84 Å². The summed E-state index contributed by atoms with van der Waals surface area (Å²) in [6.45, 7) is 0. The van der Waals surface area contributed by atoms with Gasteiger partial charge in [0.05, 0.1) is 24.9 Å². The zero-order chi connectivity index (χ0) is 13.8. The first kappa shape index (κ1) is 14.5. The predicted molar refractivity (Wildman–Crippen MR) is 65.0 cm³/mol. The molecule has 0 fully saturated rings. The van der Waals surface area contributed by atoms with Crippen LogP contribution in [-0.4, -0.2) is 40.4 Å². The lowest BCUT2D eigenvalue weighted by Gasteiger charge is -2.10. The highest BCUT2D eigenvalue weighted by atomic mass is 32.2.